The Kier molecular flexibility index (Phi) is 15.3. The Labute approximate surface area is 200 Å². The normalized spacial score (nSPS) is 10.5. The van der Waals surface area contributed by atoms with Crippen molar-refractivity contribution in [2.75, 3.05) is 39.5 Å². The van der Waals surface area contributed by atoms with Gasteiger partial charge in [-0.2, -0.15) is 0 Å². The van der Waals surface area contributed by atoms with Gasteiger partial charge in [-0.05, 0) is 55.7 Å². The zero-order chi connectivity index (χ0) is 24.3. The summed E-state index contributed by atoms with van der Waals surface area (Å²) in [4.78, 5) is 14.4. The van der Waals surface area contributed by atoms with E-state index in [1.54, 1.807) is 12.1 Å². The third kappa shape index (κ3) is 11.7. The number of unbranched alkanes of at least 4 members (excludes halogenated alkanes) is 1. The van der Waals surface area contributed by atoms with Gasteiger partial charge in [0.15, 0.2) is 0 Å². The number of ether oxygens (including phenoxy) is 2. The predicted octanol–water partition coefficient (Wildman–Crippen LogP) is 6.64. The highest BCUT2D eigenvalue weighted by molar-refractivity contribution is 5.90. The molecule has 0 fully saturated rings. The van der Waals surface area contributed by atoms with Crippen LogP contribution in [0.1, 0.15) is 44.0 Å². The van der Waals surface area contributed by atoms with Crippen LogP contribution in [0.4, 0.5) is 0 Å². The third-order valence-corrected chi connectivity index (χ3v) is 5.40. The number of hydrogen-bond donors (Lipinski definition) is 0. The number of nitrogens with zero attached hydrogens (tertiary/aromatic N) is 1. The molecule has 0 heterocycles. The molecule has 33 heavy (non-hydrogen) atoms. The highest BCUT2D eigenvalue weighted by Crippen LogP contribution is 2.19. The molecular weight excluding hydrogens is 410 g/mol. The second-order valence-electron chi connectivity index (χ2n) is 7.62. The summed E-state index contributed by atoms with van der Waals surface area (Å²) in [7, 11) is 0. The first-order valence-corrected chi connectivity index (χ1v) is 12.0. The molecule has 0 atom stereocenters. The zero-order valence-corrected chi connectivity index (χ0v) is 20.7. The molecule has 0 aliphatic heterocycles. The monoisotopic (exact) mass is 451 g/mol. The summed E-state index contributed by atoms with van der Waals surface area (Å²) in [6.45, 7) is 19.2. The molecule has 0 unspecified atom stereocenters. The van der Waals surface area contributed by atoms with Crippen molar-refractivity contribution in [3.63, 3.8) is 0 Å². The van der Waals surface area contributed by atoms with Crippen molar-refractivity contribution in [3.8, 4) is 11.1 Å². The van der Waals surface area contributed by atoms with E-state index in [1.807, 2.05) is 54.6 Å². The molecule has 180 valence electrons. The van der Waals surface area contributed by atoms with Gasteiger partial charge in [0.1, 0.15) is 0 Å². The van der Waals surface area contributed by atoms with Gasteiger partial charge in [0.05, 0.1) is 18.8 Å². The largest absolute Gasteiger partial charge is 0.462 e. The number of carbonyl (C=O) groups is 1. The summed E-state index contributed by atoms with van der Waals surface area (Å²) in [5.74, 6) is -0.101. The molecular formula is C29H41NO3. The Morgan fingerprint density at radius 1 is 0.848 bits per heavy atom. The second kappa shape index (κ2) is 17.8. The van der Waals surface area contributed by atoms with Crippen LogP contribution in [0.2, 0.25) is 0 Å². The Bertz CT molecular complexity index is 769. The smallest absolute Gasteiger partial charge is 0.338 e. The number of hydrogen-bond acceptors (Lipinski definition) is 4. The molecule has 0 spiro atoms. The first kappa shape index (κ1) is 28.3. The van der Waals surface area contributed by atoms with E-state index >= 15 is 0 Å². The molecule has 0 aromatic heterocycles. The number of rotatable bonds is 14. The van der Waals surface area contributed by atoms with Crippen molar-refractivity contribution in [1.29, 1.82) is 0 Å². The van der Waals surface area contributed by atoms with E-state index in [1.165, 1.54) is 19.6 Å². The Morgan fingerprint density at radius 3 is 1.91 bits per heavy atom. The van der Waals surface area contributed by atoms with Gasteiger partial charge in [0.25, 0.3) is 0 Å². The molecule has 0 amide bonds. The van der Waals surface area contributed by atoms with E-state index in [0.717, 1.165) is 24.0 Å². The van der Waals surface area contributed by atoms with Crippen molar-refractivity contribution in [1.82, 2.24) is 4.90 Å². The Hall–Kier alpha value is -2.69. The molecule has 4 heteroatoms. The van der Waals surface area contributed by atoms with Gasteiger partial charge >= 0.3 is 5.97 Å². The standard InChI is InChI=1S/C23H26O3.C6H15N/c1-3-19(4-2)18-25-16-8-9-17-26-23(24)22-14-12-21(13-15-22)20-10-6-5-7-11-20;1-4-7(5-2)6-3/h3-7,10-15,19H,1-2,8-9,16-18H2;4-6H2,1-3H3. The van der Waals surface area contributed by atoms with Crippen LogP contribution < -0.4 is 0 Å². The van der Waals surface area contributed by atoms with Crippen LogP contribution in [-0.2, 0) is 9.47 Å². The van der Waals surface area contributed by atoms with Crippen molar-refractivity contribution in [3.05, 3.63) is 85.5 Å². The van der Waals surface area contributed by atoms with Crippen molar-refractivity contribution >= 4 is 5.97 Å². The van der Waals surface area contributed by atoms with Crippen LogP contribution in [0.3, 0.4) is 0 Å². The van der Waals surface area contributed by atoms with Gasteiger partial charge in [0.2, 0.25) is 0 Å². The van der Waals surface area contributed by atoms with Crippen LogP contribution in [0.15, 0.2) is 79.9 Å². The molecule has 0 radical (unpaired) electrons. The van der Waals surface area contributed by atoms with E-state index in [-0.39, 0.29) is 11.9 Å². The van der Waals surface area contributed by atoms with E-state index < -0.39 is 0 Å². The van der Waals surface area contributed by atoms with Crippen molar-refractivity contribution in [2.24, 2.45) is 5.92 Å². The summed E-state index contributed by atoms with van der Waals surface area (Å²) < 4.78 is 10.9. The molecule has 0 saturated heterocycles. The van der Waals surface area contributed by atoms with Crippen molar-refractivity contribution in [2.45, 2.75) is 33.6 Å². The highest BCUT2D eigenvalue weighted by atomic mass is 16.5. The number of benzene rings is 2. The summed E-state index contributed by atoms with van der Waals surface area (Å²) in [5, 5.41) is 0. The molecule has 2 aromatic rings. The van der Waals surface area contributed by atoms with E-state index in [2.05, 4.69) is 38.8 Å². The summed E-state index contributed by atoms with van der Waals surface area (Å²) in [6.07, 6.45) is 5.26. The lowest BCUT2D eigenvalue weighted by molar-refractivity contribution is 0.0480. The number of esters is 1. The van der Waals surface area contributed by atoms with Gasteiger partial charge in [-0.1, -0.05) is 75.4 Å². The van der Waals surface area contributed by atoms with Crippen LogP contribution in [0.5, 0.6) is 0 Å². The minimum Gasteiger partial charge on any atom is -0.462 e. The van der Waals surface area contributed by atoms with E-state index in [4.69, 9.17) is 9.47 Å². The maximum atomic E-state index is 12.1. The fourth-order valence-electron chi connectivity index (χ4n) is 3.11. The summed E-state index contributed by atoms with van der Waals surface area (Å²) >= 11 is 0. The first-order valence-electron chi connectivity index (χ1n) is 12.0. The minimum absolute atomic E-state index is 0.187. The fourth-order valence-corrected chi connectivity index (χ4v) is 3.11. The molecule has 0 bridgehead atoms. The van der Waals surface area contributed by atoms with Gasteiger partial charge in [-0.15, -0.1) is 13.2 Å². The van der Waals surface area contributed by atoms with Crippen molar-refractivity contribution < 1.29 is 14.3 Å². The van der Waals surface area contributed by atoms with Gasteiger partial charge in [-0.3, -0.25) is 0 Å². The fraction of sp³-hybridized carbons (Fsp3) is 0.414. The van der Waals surface area contributed by atoms with Crippen LogP contribution in [0, 0.1) is 5.92 Å². The molecule has 0 aliphatic carbocycles. The molecule has 2 aromatic carbocycles. The maximum absolute atomic E-state index is 12.1. The lowest BCUT2D eigenvalue weighted by Gasteiger charge is -2.13. The number of carbonyl (C=O) groups excluding carboxylic acids is 1. The van der Waals surface area contributed by atoms with Crippen LogP contribution in [0.25, 0.3) is 11.1 Å². The van der Waals surface area contributed by atoms with Gasteiger partial charge in [-0.25, -0.2) is 4.79 Å². The van der Waals surface area contributed by atoms with Gasteiger partial charge in [0, 0.05) is 12.5 Å². The van der Waals surface area contributed by atoms with E-state index in [9.17, 15) is 4.79 Å². The molecule has 4 nitrogen and oxygen atoms in total. The van der Waals surface area contributed by atoms with Crippen LogP contribution >= 0.6 is 0 Å². The zero-order valence-electron chi connectivity index (χ0n) is 20.7. The minimum atomic E-state index is -0.288. The quantitative estimate of drug-likeness (QED) is 0.183. The lowest BCUT2D eigenvalue weighted by Crippen LogP contribution is -2.21. The molecule has 2 rings (SSSR count). The van der Waals surface area contributed by atoms with Gasteiger partial charge < -0.3 is 14.4 Å². The van der Waals surface area contributed by atoms with Crippen LogP contribution in [-0.4, -0.2) is 50.3 Å². The highest BCUT2D eigenvalue weighted by Gasteiger charge is 2.07. The average Bonchev–Trinajstić information content (AvgIpc) is 2.88. The van der Waals surface area contributed by atoms with E-state index in [0.29, 0.717) is 25.4 Å². The summed E-state index contributed by atoms with van der Waals surface area (Å²) in [5.41, 5.74) is 2.78. The Balaban J connectivity index is 0.000000675. The second-order valence-corrected chi connectivity index (χ2v) is 7.62. The molecule has 0 saturated carbocycles. The third-order valence-electron chi connectivity index (χ3n) is 5.40. The SMILES string of the molecule is C=CC(C=C)COCCCCOC(=O)c1ccc(-c2ccccc2)cc1.CCN(CC)CC. The molecule has 0 aliphatic rings. The summed E-state index contributed by atoms with van der Waals surface area (Å²) in [6, 6.07) is 17.6. The average molecular weight is 452 g/mol. The Morgan fingerprint density at radius 2 is 1.39 bits per heavy atom. The maximum Gasteiger partial charge on any atom is 0.338 e. The topological polar surface area (TPSA) is 38.8 Å². The first-order chi connectivity index (χ1) is 16.1. The molecule has 0 N–H and O–H groups in total. The lowest BCUT2D eigenvalue weighted by atomic mass is 10.0. The predicted molar refractivity (Wildman–Crippen MR) is 140 cm³/mol.